The topological polar surface area (TPSA) is 54.0 Å². The van der Waals surface area contributed by atoms with Gasteiger partial charge in [-0.1, -0.05) is 0 Å². The van der Waals surface area contributed by atoms with Gasteiger partial charge in [-0.3, -0.25) is 4.79 Å². The fourth-order valence-corrected chi connectivity index (χ4v) is 6.15. The largest absolute Gasteiger partial charge is 0.465 e. The summed E-state index contributed by atoms with van der Waals surface area (Å²) >= 11 is 1.54. The number of fused-ring (bicyclic) bond motifs is 1. The average molecular weight is 533 g/mol. The number of carbonyl (C=O) groups excluding carboxylic acids is 1. The molecule has 1 aromatic heterocycles. The van der Waals surface area contributed by atoms with Crippen LogP contribution < -0.4 is 9.47 Å². The first-order chi connectivity index (χ1) is 18.6. The molecule has 2 aliphatic rings. The minimum absolute atomic E-state index is 0.147. The number of carbonyl (C=O) groups is 1. The molecular weight excluding hydrogens is 503 g/mol. The van der Waals surface area contributed by atoms with E-state index in [4.69, 9.17) is 18.9 Å². The van der Waals surface area contributed by atoms with Crippen LogP contribution in [0.25, 0.3) is 20.5 Å². The summed E-state index contributed by atoms with van der Waals surface area (Å²) in [7, 11) is 0. The molecule has 7 heteroatoms. The van der Waals surface area contributed by atoms with Crippen molar-refractivity contribution < 1.29 is 28.1 Å². The van der Waals surface area contributed by atoms with E-state index in [1.54, 1.807) is 0 Å². The maximum Gasteiger partial charge on any atom is 0.199 e. The Hall–Kier alpha value is -3.26. The van der Waals surface area contributed by atoms with Gasteiger partial charge in [-0.05, 0) is 98.0 Å². The molecule has 2 fully saturated rings. The second kappa shape index (κ2) is 11.2. The lowest BCUT2D eigenvalue weighted by molar-refractivity contribution is -0.106. The summed E-state index contributed by atoms with van der Waals surface area (Å²) in [5, 5.41) is 0.840. The predicted octanol–water partition coefficient (Wildman–Crippen LogP) is 7.75. The summed E-state index contributed by atoms with van der Waals surface area (Å²) in [6.07, 6.45) is 5.57. The number of thiophene rings is 1. The molecule has 38 heavy (non-hydrogen) atoms. The van der Waals surface area contributed by atoms with Crippen molar-refractivity contribution in [1.82, 2.24) is 0 Å². The highest BCUT2D eigenvalue weighted by molar-refractivity contribution is 7.22. The highest BCUT2D eigenvalue weighted by Crippen LogP contribution is 2.42. The predicted molar refractivity (Wildman–Crippen MR) is 146 cm³/mol. The zero-order valence-corrected chi connectivity index (χ0v) is 21.8. The molecule has 6 rings (SSSR count). The van der Waals surface area contributed by atoms with Crippen molar-refractivity contribution in [3.05, 3.63) is 83.7 Å². The molecule has 0 saturated carbocycles. The van der Waals surface area contributed by atoms with Crippen LogP contribution in [0.2, 0.25) is 0 Å². The Morgan fingerprint density at radius 1 is 0.789 bits per heavy atom. The minimum atomic E-state index is -0.374. The van der Waals surface area contributed by atoms with Crippen LogP contribution in [0, 0.1) is 5.82 Å². The number of rotatable bonds is 7. The first kappa shape index (κ1) is 25.0. The summed E-state index contributed by atoms with van der Waals surface area (Å²) < 4.78 is 38.1. The van der Waals surface area contributed by atoms with Crippen LogP contribution in [0.3, 0.4) is 0 Å². The van der Waals surface area contributed by atoms with Crippen LogP contribution in [-0.4, -0.2) is 31.6 Å². The third kappa shape index (κ3) is 5.46. The van der Waals surface area contributed by atoms with Crippen molar-refractivity contribution in [1.29, 1.82) is 0 Å². The molecule has 2 unspecified atom stereocenters. The van der Waals surface area contributed by atoms with E-state index in [9.17, 15) is 9.18 Å². The van der Waals surface area contributed by atoms with E-state index >= 15 is 0 Å². The second-order valence-electron chi connectivity index (χ2n) is 9.65. The SMILES string of the molecule is O=C(c1ccc(F)cc1)c1c(-c2ccc(OC3CCCCO3)cc2)sc2cc(OC3CCCCO3)ccc12. The zero-order chi connectivity index (χ0) is 25.9. The van der Waals surface area contributed by atoms with Crippen molar-refractivity contribution in [2.24, 2.45) is 0 Å². The van der Waals surface area contributed by atoms with Gasteiger partial charge in [0.2, 0.25) is 0 Å². The van der Waals surface area contributed by atoms with Crippen molar-refractivity contribution >= 4 is 27.2 Å². The summed E-state index contributed by atoms with van der Waals surface area (Å²) in [6, 6.07) is 19.3. The monoisotopic (exact) mass is 532 g/mol. The van der Waals surface area contributed by atoms with Gasteiger partial charge in [0.25, 0.3) is 0 Å². The molecule has 0 amide bonds. The minimum Gasteiger partial charge on any atom is -0.465 e. The Labute approximate surface area is 225 Å². The first-order valence-electron chi connectivity index (χ1n) is 13.2. The third-order valence-electron chi connectivity index (χ3n) is 6.92. The third-order valence-corrected chi connectivity index (χ3v) is 8.12. The van der Waals surface area contributed by atoms with Crippen molar-refractivity contribution in [3.8, 4) is 21.9 Å². The summed E-state index contributed by atoms with van der Waals surface area (Å²) in [5.74, 6) is 0.929. The van der Waals surface area contributed by atoms with Gasteiger partial charge in [0.05, 0.1) is 13.2 Å². The molecule has 196 valence electrons. The Morgan fingerprint density at radius 3 is 2.05 bits per heavy atom. The molecule has 0 spiro atoms. The van der Waals surface area contributed by atoms with E-state index in [-0.39, 0.29) is 24.2 Å². The van der Waals surface area contributed by atoms with E-state index < -0.39 is 0 Å². The molecule has 4 aromatic rings. The van der Waals surface area contributed by atoms with Gasteiger partial charge in [-0.25, -0.2) is 4.39 Å². The van der Waals surface area contributed by atoms with Crippen LogP contribution >= 0.6 is 11.3 Å². The van der Waals surface area contributed by atoms with E-state index in [1.165, 1.54) is 35.6 Å². The van der Waals surface area contributed by atoms with Crippen molar-refractivity contribution in [2.45, 2.75) is 51.1 Å². The zero-order valence-electron chi connectivity index (χ0n) is 21.0. The fraction of sp³-hybridized carbons (Fsp3) is 0.323. The number of hydrogen-bond acceptors (Lipinski definition) is 6. The average Bonchev–Trinajstić information content (AvgIpc) is 3.33. The molecule has 0 bridgehead atoms. The number of hydrogen-bond donors (Lipinski definition) is 0. The van der Waals surface area contributed by atoms with Crippen LogP contribution in [-0.2, 0) is 9.47 Å². The lowest BCUT2D eigenvalue weighted by Crippen LogP contribution is -2.24. The maximum atomic E-state index is 13.8. The summed E-state index contributed by atoms with van der Waals surface area (Å²) in [6.45, 7) is 1.43. The number of ether oxygens (including phenoxy) is 4. The standard InChI is InChI=1S/C31H29FO5S/c32-22-11-7-20(8-12-22)30(33)29-25-16-15-24(37-28-6-2-4-18-35-28)19-26(25)38-31(29)21-9-13-23(14-10-21)36-27-5-1-3-17-34-27/h7-16,19,27-28H,1-6,17-18H2. The molecule has 0 N–H and O–H groups in total. The molecular formula is C31H29FO5S. The quantitative estimate of drug-likeness (QED) is 0.228. The van der Waals surface area contributed by atoms with Gasteiger partial charge < -0.3 is 18.9 Å². The van der Waals surface area contributed by atoms with E-state index in [2.05, 4.69) is 0 Å². The van der Waals surface area contributed by atoms with Gasteiger partial charge >= 0.3 is 0 Å². The lowest BCUT2D eigenvalue weighted by Gasteiger charge is -2.23. The molecule has 3 aromatic carbocycles. The van der Waals surface area contributed by atoms with E-state index in [1.807, 2.05) is 42.5 Å². The van der Waals surface area contributed by atoms with E-state index in [0.717, 1.165) is 71.4 Å². The highest BCUT2D eigenvalue weighted by Gasteiger charge is 2.23. The van der Waals surface area contributed by atoms with Crippen LogP contribution in [0.1, 0.15) is 54.4 Å². The van der Waals surface area contributed by atoms with Gasteiger partial charge in [0.15, 0.2) is 18.4 Å². The smallest absolute Gasteiger partial charge is 0.199 e. The summed E-state index contributed by atoms with van der Waals surface area (Å²) in [5.41, 5.74) is 1.95. The van der Waals surface area contributed by atoms with Gasteiger partial charge in [0, 0.05) is 38.9 Å². The normalized spacial score (nSPS) is 19.8. The molecule has 5 nitrogen and oxygen atoms in total. The van der Waals surface area contributed by atoms with Gasteiger partial charge in [-0.15, -0.1) is 11.3 Å². The second-order valence-corrected chi connectivity index (χ2v) is 10.7. The highest BCUT2D eigenvalue weighted by atomic mass is 32.1. The molecule has 0 radical (unpaired) electrons. The molecule has 0 aliphatic carbocycles. The Bertz CT molecular complexity index is 1400. The molecule has 2 saturated heterocycles. The van der Waals surface area contributed by atoms with Crippen molar-refractivity contribution in [3.63, 3.8) is 0 Å². The van der Waals surface area contributed by atoms with Gasteiger partial charge in [-0.2, -0.15) is 0 Å². The number of benzene rings is 3. The Kier molecular flexibility index (Phi) is 7.40. The number of halogens is 1. The van der Waals surface area contributed by atoms with Crippen LogP contribution in [0.5, 0.6) is 11.5 Å². The first-order valence-corrected chi connectivity index (χ1v) is 14.0. The molecule has 3 heterocycles. The summed E-state index contributed by atoms with van der Waals surface area (Å²) in [4.78, 5) is 14.6. The van der Waals surface area contributed by atoms with Crippen molar-refractivity contribution in [2.75, 3.05) is 13.2 Å². The van der Waals surface area contributed by atoms with Crippen LogP contribution in [0.15, 0.2) is 66.7 Å². The molecule has 2 atom stereocenters. The van der Waals surface area contributed by atoms with Gasteiger partial charge in [0.1, 0.15) is 17.3 Å². The fourth-order valence-electron chi connectivity index (χ4n) is 4.92. The molecule has 2 aliphatic heterocycles. The van der Waals surface area contributed by atoms with Crippen LogP contribution in [0.4, 0.5) is 4.39 Å². The lowest BCUT2D eigenvalue weighted by atomic mass is 9.97. The number of ketones is 1. The van der Waals surface area contributed by atoms with E-state index in [0.29, 0.717) is 23.5 Å². The Morgan fingerprint density at radius 2 is 1.42 bits per heavy atom. The Balaban J connectivity index is 1.35. The maximum absolute atomic E-state index is 13.8.